The second-order valence-electron chi connectivity index (χ2n) is 6.22. The molecule has 1 unspecified atom stereocenters. The molecule has 1 N–H and O–H groups in total. The van der Waals surface area contributed by atoms with Crippen LogP contribution in [0.25, 0.3) is 0 Å². The standard InChI is InChI=1S/C15H20F3NO/c1-9(2)19-12-8-11(15(16,17)18)6-5-10(12)7-13(19)14(3,4)20/h5-6,8-9,13,20H,7H2,1-4H3. The Morgan fingerprint density at radius 1 is 1.25 bits per heavy atom. The highest BCUT2D eigenvalue weighted by Crippen LogP contribution is 2.41. The van der Waals surface area contributed by atoms with Crippen LogP contribution in [-0.4, -0.2) is 22.8 Å². The third-order valence-corrected chi connectivity index (χ3v) is 3.81. The van der Waals surface area contributed by atoms with Gasteiger partial charge in [0.2, 0.25) is 0 Å². The molecule has 0 aromatic heterocycles. The van der Waals surface area contributed by atoms with Gasteiger partial charge in [-0.1, -0.05) is 6.07 Å². The van der Waals surface area contributed by atoms with Crippen LogP contribution in [0.15, 0.2) is 18.2 Å². The van der Waals surface area contributed by atoms with Gasteiger partial charge in [-0.05, 0) is 51.8 Å². The van der Waals surface area contributed by atoms with Crippen LogP contribution in [0.4, 0.5) is 18.9 Å². The van der Waals surface area contributed by atoms with Crippen molar-refractivity contribution < 1.29 is 18.3 Å². The molecule has 0 saturated heterocycles. The van der Waals surface area contributed by atoms with Gasteiger partial charge in [0, 0.05) is 11.7 Å². The average Bonchev–Trinajstić information content (AvgIpc) is 2.65. The summed E-state index contributed by atoms with van der Waals surface area (Å²) in [6.07, 6.45) is -3.78. The quantitative estimate of drug-likeness (QED) is 0.898. The van der Waals surface area contributed by atoms with Crippen molar-refractivity contribution in [2.45, 2.75) is 58.0 Å². The molecule has 1 heterocycles. The van der Waals surface area contributed by atoms with Crippen LogP contribution in [0.2, 0.25) is 0 Å². The van der Waals surface area contributed by atoms with Crippen LogP contribution in [0, 0.1) is 0 Å². The van der Waals surface area contributed by atoms with Gasteiger partial charge in [-0.3, -0.25) is 0 Å². The Balaban J connectivity index is 2.49. The van der Waals surface area contributed by atoms with E-state index in [-0.39, 0.29) is 12.1 Å². The van der Waals surface area contributed by atoms with Crippen LogP contribution in [0.5, 0.6) is 0 Å². The van der Waals surface area contributed by atoms with Crippen LogP contribution in [-0.2, 0) is 12.6 Å². The van der Waals surface area contributed by atoms with E-state index in [0.717, 1.165) is 11.6 Å². The van der Waals surface area contributed by atoms with Crippen molar-refractivity contribution in [2.75, 3.05) is 4.90 Å². The molecular weight excluding hydrogens is 267 g/mol. The smallest absolute Gasteiger partial charge is 0.388 e. The number of aliphatic hydroxyl groups is 1. The lowest BCUT2D eigenvalue weighted by atomic mass is 9.94. The molecule has 0 spiro atoms. The lowest BCUT2D eigenvalue weighted by molar-refractivity contribution is -0.137. The monoisotopic (exact) mass is 287 g/mol. The number of hydrogen-bond donors (Lipinski definition) is 1. The average molecular weight is 287 g/mol. The lowest BCUT2D eigenvalue weighted by Crippen LogP contribution is -2.50. The summed E-state index contributed by atoms with van der Waals surface area (Å²) in [5.41, 5.74) is -0.166. The normalized spacial score (nSPS) is 19.6. The third-order valence-electron chi connectivity index (χ3n) is 3.81. The van der Waals surface area contributed by atoms with Gasteiger partial charge in [0.1, 0.15) is 0 Å². The van der Waals surface area contributed by atoms with Gasteiger partial charge >= 0.3 is 6.18 Å². The van der Waals surface area contributed by atoms with Crippen LogP contribution in [0.3, 0.4) is 0 Å². The number of halogens is 3. The Morgan fingerprint density at radius 3 is 2.30 bits per heavy atom. The molecule has 1 atom stereocenters. The fourth-order valence-electron chi connectivity index (χ4n) is 2.86. The molecule has 5 heteroatoms. The van der Waals surface area contributed by atoms with E-state index in [1.165, 1.54) is 12.1 Å². The zero-order valence-electron chi connectivity index (χ0n) is 12.1. The molecule has 0 fully saturated rings. The van der Waals surface area contributed by atoms with Crippen molar-refractivity contribution in [3.05, 3.63) is 29.3 Å². The first kappa shape index (κ1) is 15.2. The molecule has 1 aromatic carbocycles. The number of hydrogen-bond acceptors (Lipinski definition) is 2. The summed E-state index contributed by atoms with van der Waals surface area (Å²) in [7, 11) is 0. The summed E-state index contributed by atoms with van der Waals surface area (Å²) in [4.78, 5) is 1.89. The molecule has 0 bridgehead atoms. The second kappa shape index (κ2) is 4.65. The maximum absolute atomic E-state index is 12.8. The van der Waals surface area contributed by atoms with Crippen LogP contribution >= 0.6 is 0 Å². The first-order chi connectivity index (χ1) is 9.01. The van der Waals surface area contributed by atoms with Crippen LogP contribution in [0.1, 0.15) is 38.8 Å². The summed E-state index contributed by atoms with van der Waals surface area (Å²) in [5.74, 6) is 0. The van der Waals surface area contributed by atoms with Gasteiger partial charge < -0.3 is 10.0 Å². The largest absolute Gasteiger partial charge is 0.416 e. The molecule has 112 valence electrons. The third kappa shape index (κ3) is 2.64. The van der Waals surface area contributed by atoms with E-state index < -0.39 is 17.3 Å². The molecular formula is C15H20F3NO. The maximum Gasteiger partial charge on any atom is 0.416 e. The predicted molar refractivity (Wildman–Crippen MR) is 72.8 cm³/mol. The zero-order valence-corrected chi connectivity index (χ0v) is 12.1. The van der Waals surface area contributed by atoms with Crippen molar-refractivity contribution in [3.8, 4) is 0 Å². The zero-order chi connectivity index (χ0) is 15.3. The number of fused-ring (bicyclic) bond motifs is 1. The van der Waals surface area contributed by atoms with Gasteiger partial charge in [-0.2, -0.15) is 13.2 Å². The number of benzene rings is 1. The number of rotatable bonds is 2. The van der Waals surface area contributed by atoms with E-state index in [1.807, 2.05) is 18.7 Å². The van der Waals surface area contributed by atoms with Crippen molar-refractivity contribution in [2.24, 2.45) is 0 Å². The molecule has 2 rings (SSSR count). The van der Waals surface area contributed by atoms with Crippen molar-refractivity contribution >= 4 is 5.69 Å². The Kier molecular flexibility index (Phi) is 3.53. The Labute approximate surface area is 117 Å². The summed E-state index contributed by atoms with van der Waals surface area (Å²) < 4.78 is 38.5. The highest BCUT2D eigenvalue weighted by Gasteiger charge is 2.41. The first-order valence-corrected chi connectivity index (χ1v) is 6.72. The molecule has 0 aliphatic carbocycles. The summed E-state index contributed by atoms with van der Waals surface area (Å²) >= 11 is 0. The lowest BCUT2D eigenvalue weighted by Gasteiger charge is -2.38. The fourth-order valence-corrected chi connectivity index (χ4v) is 2.86. The predicted octanol–water partition coefficient (Wildman–Crippen LogP) is 3.62. The molecule has 0 saturated carbocycles. The minimum atomic E-state index is -4.34. The second-order valence-corrected chi connectivity index (χ2v) is 6.22. The van der Waals surface area contributed by atoms with E-state index in [9.17, 15) is 18.3 Å². The van der Waals surface area contributed by atoms with E-state index in [2.05, 4.69) is 0 Å². The number of alkyl halides is 3. The van der Waals surface area contributed by atoms with Crippen molar-refractivity contribution in [1.29, 1.82) is 0 Å². The molecule has 20 heavy (non-hydrogen) atoms. The SMILES string of the molecule is CC(C)N1c2cc(C(F)(F)F)ccc2CC1C(C)(C)O. The van der Waals surface area contributed by atoms with Gasteiger partial charge in [0.25, 0.3) is 0 Å². The number of nitrogens with zero attached hydrogens (tertiary/aromatic N) is 1. The minimum absolute atomic E-state index is 0.0242. The van der Waals surface area contributed by atoms with Crippen molar-refractivity contribution in [1.82, 2.24) is 0 Å². The number of anilines is 1. The van der Waals surface area contributed by atoms with E-state index in [0.29, 0.717) is 12.1 Å². The summed E-state index contributed by atoms with van der Waals surface area (Å²) in [5, 5.41) is 10.3. The Bertz CT molecular complexity index is 503. The molecule has 0 amide bonds. The Morgan fingerprint density at radius 2 is 1.85 bits per heavy atom. The first-order valence-electron chi connectivity index (χ1n) is 6.72. The van der Waals surface area contributed by atoms with Crippen molar-refractivity contribution in [3.63, 3.8) is 0 Å². The van der Waals surface area contributed by atoms with E-state index >= 15 is 0 Å². The highest BCUT2D eigenvalue weighted by atomic mass is 19.4. The molecule has 1 aliphatic rings. The topological polar surface area (TPSA) is 23.5 Å². The minimum Gasteiger partial charge on any atom is -0.388 e. The summed E-state index contributed by atoms with van der Waals surface area (Å²) in [6.45, 7) is 7.25. The maximum atomic E-state index is 12.8. The van der Waals surface area contributed by atoms with E-state index in [1.54, 1.807) is 13.8 Å². The highest BCUT2D eigenvalue weighted by molar-refractivity contribution is 5.62. The van der Waals surface area contributed by atoms with Gasteiger partial charge in [0.05, 0.1) is 17.2 Å². The van der Waals surface area contributed by atoms with Crippen LogP contribution < -0.4 is 4.90 Å². The molecule has 1 aromatic rings. The molecule has 0 radical (unpaired) electrons. The fraction of sp³-hybridized carbons (Fsp3) is 0.600. The van der Waals surface area contributed by atoms with Gasteiger partial charge in [-0.15, -0.1) is 0 Å². The molecule has 1 aliphatic heterocycles. The van der Waals surface area contributed by atoms with E-state index in [4.69, 9.17) is 0 Å². The van der Waals surface area contributed by atoms with Gasteiger partial charge in [-0.25, -0.2) is 0 Å². The van der Waals surface area contributed by atoms with Gasteiger partial charge in [0.15, 0.2) is 0 Å². The Hall–Kier alpha value is -1.23. The summed E-state index contributed by atoms with van der Waals surface area (Å²) in [6, 6.07) is 3.65. The molecule has 2 nitrogen and oxygen atoms in total.